The molecule has 2 aromatic rings. The summed E-state index contributed by atoms with van der Waals surface area (Å²) in [5.74, 6) is -0.0733. The zero-order chi connectivity index (χ0) is 15.2. The third-order valence-corrected chi connectivity index (χ3v) is 3.45. The minimum absolute atomic E-state index is 0.0733. The number of hydrogen-bond donors (Lipinski definition) is 1. The second-order valence-electron chi connectivity index (χ2n) is 5.05. The summed E-state index contributed by atoms with van der Waals surface area (Å²) in [6.45, 7) is 5.05. The van der Waals surface area contributed by atoms with E-state index < -0.39 is 0 Å². The smallest absolute Gasteiger partial charge is 0.277 e. The number of nitrogens with two attached hydrogens (primary N) is 1. The molecule has 0 saturated heterocycles. The molecule has 0 saturated carbocycles. The van der Waals surface area contributed by atoms with Crippen LogP contribution in [0.2, 0.25) is 0 Å². The van der Waals surface area contributed by atoms with Gasteiger partial charge in [-0.05, 0) is 50.1 Å². The van der Waals surface area contributed by atoms with E-state index in [2.05, 4.69) is 4.98 Å². The minimum atomic E-state index is -0.0733. The lowest BCUT2D eigenvalue weighted by Crippen LogP contribution is -2.34. The van der Waals surface area contributed by atoms with Gasteiger partial charge in [0.2, 0.25) is 0 Å². The van der Waals surface area contributed by atoms with Crippen LogP contribution in [0.4, 0.5) is 5.69 Å². The predicted octanol–water partition coefficient (Wildman–Crippen LogP) is 2.69. The van der Waals surface area contributed by atoms with Crippen molar-refractivity contribution in [1.29, 1.82) is 0 Å². The van der Waals surface area contributed by atoms with E-state index in [4.69, 9.17) is 5.73 Å². The standard InChI is InChI=1S/C17H21N3O/c1-13-7-3-4-9-15(13)20(12-6-10-18)17(21)16-14(2)8-5-11-19-16/h3-5,7-9,11H,6,10,12,18H2,1-2H3. The van der Waals surface area contributed by atoms with Gasteiger partial charge in [-0.2, -0.15) is 0 Å². The van der Waals surface area contributed by atoms with Gasteiger partial charge in [0, 0.05) is 18.4 Å². The fraction of sp³-hybridized carbons (Fsp3) is 0.294. The molecule has 1 aromatic carbocycles. The van der Waals surface area contributed by atoms with Crippen molar-refractivity contribution in [3.63, 3.8) is 0 Å². The van der Waals surface area contributed by atoms with Crippen molar-refractivity contribution in [2.24, 2.45) is 5.73 Å². The lowest BCUT2D eigenvalue weighted by Gasteiger charge is -2.24. The van der Waals surface area contributed by atoms with E-state index in [0.29, 0.717) is 18.8 Å². The predicted molar refractivity (Wildman–Crippen MR) is 85.5 cm³/mol. The van der Waals surface area contributed by atoms with Crippen LogP contribution in [0.15, 0.2) is 42.6 Å². The molecule has 0 radical (unpaired) electrons. The van der Waals surface area contributed by atoms with Crippen molar-refractivity contribution in [2.45, 2.75) is 20.3 Å². The van der Waals surface area contributed by atoms with Crippen molar-refractivity contribution < 1.29 is 4.79 Å². The number of aryl methyl sites for hydroxylation is 2. The molecule has 2 N–H and O–H groups in total. The number of carbonyl (C=O) groups excluding carboxylic acids is 1. The Morgan fingerprint density at radius 3 is 2.52 bits per heavy atom. The van der Waals surface area contributed by atoms with Crippen LogP contribution in [0.3, 0.4) is 0 Å². The minimum Gasteiger partial charge on any atom is -0.330 e. The molecule has 1 aromatic heterocycles. The Bertz CT molecular complexity index is 625. The van der Waals surface area contributed by atoms with Crippen molar-refractivity contribution >= 4 is 11.6 Å². The van der Waals surface area contributed by atoms with Crippen LogP contribution in [-0.2, 0) is 0 Å². The lowest BCUT2D eigenvalue weighted by molar-refractivity contribution is 0.0981. The fourth-order valence-corrected chi connectivity index (χ4v) is 2.28. The van der Waals surface area contributed by atoms with Crippen LogP contribution in [0.1, 0.15) is 28.0 Å². The van der Waals surface area contributed by atoms with E-state index in [-0.39, 0.29) is 5.91 Å². The van der Waals surface area contributed by atoms with E-state index in [1.54, 1.807) is 11.1 Å². The van der Waals surface area contributed by atoms with Gasteiger partial charge in [-0.15, -0.1) is 0 Å². The summed E-state index contributed by atoms with van der Waals surface area (Å²) in [5.41, 5.74) is 8.97. The quantitative estimate of drug-likeness (QED) is 0.917. The van der Waals surface area contributed by atoms with Crippen LogP contribution in [0, 0.1) is 13.8 Å². The maximum atomic E-state index is 12.8. The summed E-state index contributed by atoms with van der Waals surface area (Å²) in [7, 11) is 0. The third kappa shape index (κ3) is 3.47. The van der Waals surface area contributed by atoms with Gasteiger partial charge in [-0.1, -0.05) is 24.3 Å². The van der Waals surface area contributed by atoms with Gasteiger partial charge in [0.25, 0.3) is 5.91 Å². The Hall–Kier alpha value is -2.20. The van der Waals surface area contributed by atoms with Gasteiger partial charge < -0.3 is 10.6 Å². The molecule has 0 aliphatic heterocycles. The van der Waals surface area contributed by atoms with Crippen LogP contribution >= 0.6 is 0 Å². The number of hydrogen-bond acceptors (Lipinski definition) is 3. The number of amides is 1. The summed E-state index contributed by atoms with van der Waals surface area (Å²) in [6, 6.07) is 11.6. The number of anilines is 1. The first-order valence-electron chi connectivity index (χ1n) is 7.14. The van der Waals surface area contributed by atoms with E-state index in [0.717, 1.165) is 23.2 Å². The Labute approximate surface area is 125 Å². The van der Waals surface area contributed by atoms with Gasteiger partial charge in [0.05, 0.1) is 0 Å². The van der Waals surface area contributed by atoms with Crippen LogP contribution in [0.5, 0.6) is 0 Å². The van der Waals surface area contributed by atoms with E-state index in [9.17, 15) is 4.79 Å². The highest BCUT2D eigenvalue weighted by molar-refractivity contribution is 6.06. The molecule has 0 aliphatic rings. The Balaban J connectivity index is 2.39. The lowest BCUT2D eigenvalue weighted by atomic mass is 10.1. The summed E-state index contributed by atoms with van der Waals surface area (Å²) < 4.78 is 0. The molecule has 2 rings (SSSR count). The summed E-state index contributed by atoms with van der Waals surface area (Å²) in [5, 5.41) is 0. The van der Waals surface area contributed by atoms with Gasteiger partial charge in [0.1, 0.15) is 5.69 Å². The maximum Gasteiger partial charge on any atom is 0.277 e. The molecule has 4 heteroatoms. The SMILES string of the molecule is Cc1ccccc1N(CCCN)C(=O)c1ncccc1C. The van der Waals surface area contributed by atoms with Gasteiger partial charge >= 0.3 is 0 Å². The number of para-hydroxylation sites is 1. The van der Waals surface area contributed by atoms with Gasteiger partial charge in [-0.3, -0.25) is 9.78 Å². The summed E-state index contributed by atoms with van der Waals surface area (Å²) >= 11 is 0. The molecule has 21 heavy (non-hydrogen) atoms. The molecular formula is C17H21N3O. The van der Waals surface area contributed by atoms with Crippen molar-refractivity contribution in [3.05, 3.63) is 59.4 Å². The highest BCUT2D eigenvalue weighted by Gasteiger charge is 2.21. The highest BCUT2D eigenvalue weighted by atomic mass is 16.2. The van der Waals surface area contributed by atoms with E-state index in [1.165, 1.54) is 0 Å². The van der Waals surface area contributed by atoms with Crippen LogP contribution < -0.4 is 10.6 Å². The number of nitrogens with zero attached hydrogens (tertiary/aromatic N) is 2. The number of aromatic nitrogens is 1. The highest BCUT2D eigenvalue weighted by Crippen LogP contribution is 2.22. The van der Waals surface area contributed by atoms with Crippen molar-refractivity contribution in [1.82, 2.24) is 4.98 Å². The van der Waals surface area contributed by atoms with Gasteiger partial charge in [0.15, 0.2) is 0 Å². The molecular weight excluding hydrogens is 262 g/mol. The maximum absolute atomic E-state index is 12.8. The molecule has 1 heterocycles. The van der Waals surface area contributed by atoms with Crippen LogP contribution in [-0.4, -0.2) is 24.0 Å². The molecule has 1 amide bonds. The Morgan fingerprint density at radius 2 is 1.86 bits per heavy atom. The summed E-state index contributed by atoms with van der Waals surface area (Å²) in [6.07, 6.45) is 2.41. The normalized spacial score (nSPS) is 10.4. The molecule has 0 spiro atoms. The molecule has 0 fully saturated rings. The zero-order valence-electron chi connectivity index (χ0n) is 12.5. The number of rotatable bonds is 5. The average molecular weight is 283 g/mol. The average Bonchev–Trinajstić information content (AvgIpc) is 2.49. The van der Waals surface area contributed by atoms with Crippen molar-refractivity contribution in [2.75, 3.05) is 18.0 Å². The number of pyridine rings is 1. The number of benzene rings is 1. The molecule has 110 valence electrons. The van der Waals surface area contributed by atoms with Crippen molar-refractivity contribution in [3.8, 4) is 0 Å². The molecule has 0 bridgehead atoms. The molecule has 0 unspecified atom stereocenters. The topological polar surface area (TPSA) is 59.2 Å². The Kier molecular flexibility index (Phi) is 5.06. The monoisotopic (exact) mass is 283 g/mol. The van der Waals surface area contributed by atoms with Crippen LogP contribution in [0.25, 0.3) is 0 Å². The van der Waals surface area contributed by atoms with E-state index >= 15 is 0 Å². The fourth-order valence-electron chi connectivity index (χ4n) is 2.28. The molecule has 0 aliphatic carbocycles. The second kappa shape index (κ2) is 6.99. The Morgan fingerprint density at radius 1 is 1.14 bits per heavy atom. The second-order valence-corrected chi connectivity index (χ2v) is 5.05. The molecule has 4 nitrogen and oxygen atoms in total. The number of carbonyl (C=O) groups is 1. The first kappa shape index (κ1) is 15.2. The third-order valence-electron chi connectivity index (χ3n) is 3.45. The zero-order valence-corrected chi connectivity index (χ0v) is 12.5. The first-order valence-corrected chi connectivity index (χ1v) is 7.14. The molecule has 0 atom stereocenters. The largest absolute Gasteiger partial charge is 0.330 e. The first-order chi connectivity index (χ1) is 10.1. The summed E-state index contributed by atoms with van der Waals surface area (Å²) in [4.78, 5) is 18.9. The van der Waals surface area contributed by atoms with E-state index in [1.807, 2.05) is 50.2 Å². The van der Waals surface area contributed by atoms with Gasteiger partial charge in [-0.25, -0.2) is 0 Å².